The second-order valence-electron chi connectivity index (χ2n) is 7.16. The molecule has 2 atom stereocenters. The zero-order valence-electron chi connectivity index (χ0n) is 14.5. The molecule has 3 aromatic rings. The van der Waals surface area contributed by atoms with Crippen molar-refractivity contribution in [1.29, 1.82) is 0 Å². The van der Waals surface area contributed by atoms with Gasteiger partial charge in [0.15, 0.2) is 0 Å². The average molecular weight is 383 g/mol. The molecule has 2 saturated heterocycles. The lowest BCUT2D eigenvalue weighted by Gasteiger charge is -2.29. The minimum atomic E-state index is -3.82. The zero-order valence-corrected chi connectivity index (χ0v) is 15.3. The van der Waals surface area contributed by atoms with Gasteiger partial charge in [-0.05, 0) is 30.3 Å². The lowest BCUT2D eigenvalue weighted by molar-refractivity contribution is 0.297. The van der Waals surface area contributed by atoms with E-state index in [1.165, 1.54) is 24.4 Å². The molecule has 5 nitrogen and oxygen atoms in total. The van der Waals surface area contributed by atoms with Gasteiger partial charge in [-0.3, -0.25) is 4.98 Å². The standard InChI is InChI=1S/C20H18FN3O2S/c21-15-4-2-5-16(8-15)27(25,26)17-7-13-3-1-6-19(20(13)23-10-17)24-11-14-9-22-18(14)12-24/h1-8,10,14,18,22H,9,11-12H2/t14-,18?/m1/s1. The Kier molecular flexibility index (Phi) is 3.70. The number of aromatic nitrogens is 1. The normalized spacial score (nSPS) is 21.9. The molecule has 2 aromatic carbocycles. The fraction of sp³-hybridized carbons (Fsp3) is 0.250. The van der Waals surface area contributed by atoms with E-state index in [1.54, 1.807) is 6.07 Å². The molecule has 2 aliphatic heterocycles. The highest BCUT2D eigenvalue weighted by Crippen LogP contribution is 2.33. The molecule has 0 saturated carbocycles. The predicted octanol–water partition coefficient (Wildman–Crippen LogP) is 2.61. The molecule has 1 aromatic heterocycles. The van der Waals surface area contributed by atoms with Gasteiger partial charge in [0.05, 0.1) is 21.0 Å². The second-order valence-corrected chi connectivity index (χ2v) is 9.11. The molecule has 2 aliphatic rings. The summed E-state index contributed by atoms with van der Waals surface area (Å²) >= 11 is 0. The van der Waals surface area contributed by atoms with Crippen molar-refractivity contribution in [1.82, 2.24) is 10.3 Å². The first kappa shape index (κ1) is 16.6. The fourth-order valence-corrected chi connectivity index (χ4v) is 5.22. The van der Waals surface area contributed by atoms with Gasteiger partial charge in [-0.15, -0.1) is 0 Å². The van der Waals surface area contributed by atoms with Crippen LogP contribution in [0.2, 0.25) is 0 Å². The Morgan fingerprint density at radius 3 is 2.63 bits per heavy atom. The van der Waals surface area contributed by atoms with Gasteiger partial charge >= 0.3 is 0 Å². The molecule has 0 bridgehead atoms. The van der Waals surface area contributed by atoms with Gasteiger partial charge in [-0.1, -0.05) is 18.2 Å². The third kappa shape index (κ3) is 2.69. The van der Waals surface area contributed by atoms with Gasteiger partial charge in [0, 0.05) is 43.2 Å². The number of anilines is 1. The summed E-state index contributed by atoms with van der Waals surface area (Å²) in [7, 11) is -3.82. The van der Waals surface area contributed by atoms with Crippen LogP contribution in [0, 0.1) is 11.7 Å². The van der Waals surface area contributed by atoms with E-state index in [9.17, 15) is 12.8 Å². The van der Waals surface area contributed by atoms with Crippen molar-refractivity contribution in [3.8, 4) is 0 Å². The maximum atomic E-state index is 13.5. The summed E-state index contributed by atoms with van der Waals surface area (Å²) in [5.41, 5.74) is 1.82. The van der Waals surface area contributed by atoms with Crippen LogP contribution in [0.25, 0.3) is 10.9 Å². The van der Waals surface area contributed by atoms with Crippen LogP contribution < -0.4 is 10.2 Å². The molecule has 5 rings (SSSR count). The number of pyridine rings is 1. The van der Waals surface area contributed by atoms with Crippen LogP contribution in [0.5, 0.6) is 0 Å². The van der Waals surface area contributed by atoms with Crippen molar-refractivity contribution in [3.05, 3.63) is 60.5 Å². The van der Waals surface area contributed by atoms with Crippen LogP contribution in [0.1, 0.15) is 0 Å². The third-order valence-electron chi connectivity index (χ3n) is 5.51. The number of rotatable bonds is 3. The summed E-state index contributed by atoms with van der Waals surface area (Å²) in [5, 5.41) is 4.20. The molecule has 7 heteroatoms. The Balaban J connectivity index is 1.56. The van der Waals surface area contributed by atoms with Gasteiger partial charge in [0.25, 0.3) is 0 Å². The van der Waals surface area contributed by atoms with Crippen LogP contribution >= 0.6 is 0 Å². The third-order valence-corrected chi connectivity index (χ3v) is 7.22. The van der Waals surface area contributed by atoms with Gasteiger partial charge < -0.3 is 10.2 Å². The molecule has 27 heavy (non-hydrogen) atoms. The first-order valence-electron chi connectivity index (χ1n) is 8.90. The molecule has 2 fully saturated rings. The number of hydrogen-bond donors (Lipinski definition) is 1. The topological polar surface area (TPSA) is 62.3 Å². The van der Waals surface area contributed by atoms with Crippen molar-refractivity contribution in [2.24, 2.45) is 5.92 Å². The van der Waals surface area contributed by atoms with Gasteiger partial charge in [-0.2, -0.15) is 0 Å². The quantitative estimate of drug-likeness (QED) is 0.753. The minimum absolute atomic E-state index is 0.0676. The summed E-state index contributed by atoms with van der Waals surface area (Å²) < 4.78 is 39.1. The van der Waals surface area contributed by atoms with Crippen molar-refractivity contribution in [2.45, 2.75) is 15.8 Å². The Morgan fingerprint density at radius 2 is 1.93 bits per heavy atom. The van der Waals surface area contributed by atoms with E-state index in [0.29, 0.717) is 12.0 Å². The minimum Gasteiger partial charge on any atom is -0.368 e. The first-order valence-corrected chi connectivity index (χ1v) is 10.4. The molecule has 3 heterocycles. The van der Waals surface area contributed by atoms with E-state index in [2.05, 4.69) is 15.2 Å². The average Bonchev–Trinajstić information content (AvgIpc) is 2.95. The van der Waals surface area contributed by atoms with Crippen molar-refractivity contribution in [2.75, 3.05) is 24.5 Å². The molecular formula is C20H18FN3O2S. The maximum Gasteiger partial charge on any atom is 0.208 e. The Labute approximate surface area is 156 Å². The molecule has 0 radical (unpaired) electrons. The second kappa shape index (κ2) is 6.00. The van der Waals surface area contributed by atoms with Crippen LogP contribution in [-0.2, 0) is 9.84 Å². The van der Waals surface area contributed by atoms with Crippen LogP contribution in [0.15, 0.2) is 64.5 Å². The first-order chi connectivity index (χ1) is 13.0. The highest BCUT2D eigenvalue weighted by Gasteiger charge is 2.39. The van der Waals surface area contributed by atoms with Gasteiger partial charge in [0.1, 0.15) is 5.82 Å². The smallest absolute Gasteiger partial charge is 0.208 e. The summed E-state index contributed by atoms with van der Waals surface area (Å²) in [6.45, 7) is 2.98. The SMILES string of the molecule is O=S(=O)(c1cccc(F)c1)c1cnc2c(N3CC4NC[C@@H]4C3)cccc2c1. The van der Waals surface area contributed by atoms with E-state index in [-0.39, 0.29) is 9.79 Å². The van der Waals surface area contributed by atoms with E-state index in [4.69, 9.17) is 0 Å². The molecule has 0 amide bonds. The largest absolute Gasteiger partial charge is 0.368 e. The molecule has 0 aliphatic carbocycles. The monoisotopic (exact) mass is 383 g/mol. The molecule has 1 N–H and O–H groups in total. The van der Waals surface area contributed by atoms with Crippen LogP contribution in [-0.4, -0.2) is 39.1 Å². The lowest BCUT2D eigenvalue weighted by Crippen LogP contribution is -2.51. The lowest BCUT2D eigenvalue weighted by atomic mass is 9.96. The number of nitrogens with zero attached hydrogens (tertiary/aromatic N) is 2. The number of sulfone groups is 1. The summed E-state index contributed by atoms with van der Waals surface area (Å²) in [5.74, 6) is 0.0947. The zero-order chi connectivity index (χ0) is 18.6. The van der Waals surface area contributed by atoms with Crippen molar-refractivity contribution < 1.29 is 12.8 Å². The number of hydrogen-bond acceptors (Lipinski definition) is 5. The number of fused-ring (bicyclic) bond motifs is 2. The Hall–Kier alpha value is -2.51. The summed E-state index contributed by atoms with van der Waals surface area (Å²) in [4.78, 5) is 6.79. The van der Waals surface area contributed by atoms with E-state index < -0.39 is 15.7 Å². The molecule has 0 spiro atoms. The van der Waals surface area contributed by atoms with E-state index >= 15 is 0 Å². The maximum absolute atomic E-state index is 13.5. The molecule has 1 unspecified atom stereocenters. The van der Waals surface area contributed by atoms with Crippen LogP contribution in [0.3, 0.4) is 0 Å². The van der Waals surface area contributed by atoms with E-state index in [0.717, 1.165) is 42.3 Å². The predicted molar refractivity (Wildman–Crippen MR) is 101 cm³/mol. The molecule has 138 valence electrons. The number of para-hydroxylation sites is 1. The highest BCUT2D eigenvalue weighted by atomic mass is 32.2. The summed E-state index contributed by atoms with van der Waals surface area (Å²) in [6.07, 6.45) is 1.37. The summed E-state index contributed by atoms with van der Waals surface area (Å²) in [6, 6.07) is 13.0. The van der Waals surface area contributed by atoms with E-state index in [1.807, 2.05) is 18.2 Å². The van der Waals surface area contributed by atoms with Crippen molar-refractivity contribution in [3.63, 3.8) is 0 Å². The highest BCUT2D eigenvalue weighted by molar-refractivity contribution is 7.91. The Morgan fingerprint density at radius 1 is 1.07 bits per heavy atom. The number of halogens is 1. The number of nitrogens with one attached hydrogen (secondary N) is 1. The number of benzene rings is 2. The van der Waals surface area contributed by atoms with Crippen molar-refractivity contribution >= 4 is 26.4 Å². The fourth-order valence-electron chi connectivity index (χ4n) is 3.95. The van der Waals surface area contributed by atoms with Gasteiger partial charge in [-0.25, -0.2) is 12.8 Å². The Bertz CT molecular complexity index is 1140. The molecular weight excluding hydrogens is 365 g/mol. The van der Waals surface area contributed by atoms with Gasteiger partial charge in [0.2, 0.25) is 9.84 Å². The van der Waals surface area contributed by atoms with Crippen LogP contribution in [0.4, 0.5) is 10.1 Å².